The molecule has 0 aromatic heterocycles. The van der Waals surface area contributed by atoms with Gasteiger partial charge in [-0.2, -0.15) is 0 Å². The number of hydrazine groups is 1. The van der Waals surface area contributed by atoms with Gasteiger partial charge in [-0.15, -0.1) is 0 Å². The maximum atomic E-state index is 12.8. The van der Waals surface area contributed by atoms with E-state index >= 15 is 0 Å². The minimum atomic E-state index is -0.560. The molecule has 0 unspecified atom stereocenters. The number of carbonyl (C=O) groups excluding carboxylic acids is 3. The Morgan fingerprint density at radius 2 is 1.48 bits per heavy atom. The van der Waals surface area contributed by atoms with Crippen LogP contribution in [0.2, 0.25) is 0 Å². The Balaban J connectivity index is 1.17. The molecule has 1 aromatic carbocycles. The minimum Gasteiger partial charge on any atom is -0.484 e. The molecule has 5 rings (SSSR count). The number of nitrogens with one attached hydrogen (secondary N) is 3. The van der Waals surface area contributed by atoms with Crippen molar-refractivity contribution in [3.63, 3.8) is 0 Å². The number of hydrogen-bond donors (Lipinski definition) is 3. The summed E-state index contributed by atoms with van der Waals surface area (Å²) in [7, 11) is 0. The van der Waals surface area contributed by atoms with Gasteiger partial charge in [-0.25, -0.2) is 4.39 Å². The molecule has 4 saturated carbocycles. The summed E-state index contributed by atoms with van der Waals surface area (Å²) in [5.41, 5.74) is 4.19. The summed E-state index contributed by atoms with van der Waals surface area (Å²) in [5.74, 6) is 0.815. The van der Waals surface area contributed by atoms with E-state index in [1.807, 2.05) is 0 Å². The smallest absolute Gasteiger partial charge is 0.276 e. The average Bonchev–Trinajstić information content (AvgIpc) is 2.69. The van der Waals surface area contributed by atoms with E-state index in [9.17, 15) is 18.8 Å². The lowest BCUT2D eigenvalue weighted by atomic mass is 9.49. The van der Waals surface area contributed by atoms with E-state index in [1.165, 1.54) is 43.5 Å². The minimum absolute atomic E-state index is 0.0299. The van der Waals surface area contributed by atoms with Crippen LogP contribution in [-0.4, -0.2) is 30.9 Å². The third kappa shape index (κ3) is 4.52. The van der Waals surface area contributed by atoms with Crippen molar-refractivity contribution >= 4 is 17.7 Å². The van der Waals surface area contributed by atoms with Gasteiger partial charge in [-0.1, -0.05) is 0 Å². The first-order valence-electron chi connectivity index (χ1n) is 10.2. The van der Waals surface area contributed by atoms with Crippen LogP contribution in [0, 0.1) is 29.0 Å². The molecule has 4 aliphatic rings. The van der Waals surface area contributed by atoms with Crippen molar-refractivity contribution in [1.82, 2.24) is 16.2 Å². The summed E-state index contributed by atoms with van der Waals surface area (Å²) in [6.45, 7) is -0.509. The number of hydrogen-bond acceptors (Lipinski definition) is 4. The fraction of sp³-hybridized carbons (Fsp3) is 0.571. The van der Waals surface area contributed by atoms with E-state index in [4.69, 9.17) is 4.74 Å². The topological polar surface area (TPSA) is 96.5 Å². The standard InChI is InChI=1S/C21H26FN3O4/c22-16-1-3-17(4-2-16)29-12-19(27)25-24-18(26)11-23-20(28)21-8-13-5-14(9-21)7-15(6-13)10-21/h1-4,13-15H,5-12H2,(H,23,28)(H,24,26)(H,25,27). The van der Waals surface area contributed by atoms with Crippen molar-refractivity contribution in [1.29, 1.82) is 0 Å². The Morgan fingerprint density at radius 3 is 2.07 bits per heavy atom. The van der Waals surface area contributed by atoms with Gasteiger partial charge in [0.15, 0.2) is 6.61 Å². The fourth-order valence-electron chi connectivity index (χ4n) is 5.64. The Hall–Kier alpha value is -2.64. The van der Waals surface area contributed by atoms with Gasteiger partial charge in [0.25, 0.3) is 11.8 Å². The van der Waals surface area contributed by atoms with Crippen LogP contribution in [0.15, 0.2) is 24.3 Å². The zero-order valence-corrected chi connectivity index (χ0v) is 16.2. The molecule has 0 heterocycles. The number of benzene rings is 1. The molecule has 29 heavy (non-hydrogen) atoms. The molecule has 0 aliphatic heterocycles. The molecule has 1 aromatic rings. The lowest BCUT2D eigenvalue weighted by Gasteiger charge is -2.55. The van der Waals surface area contributed by atoms with Crippen molar-refractivity contribution in [2.75, 3.05) is 13.2 Å². The summed E-state index contributed by atoms with van der Waals surface area (Å²) < 4.78 is 18.0. The van der Waals surface area contributed by atoms with Gasteiger partial charge in [-0.05, 0) is 80.5 Å². The first-order chi connectivity index (χ1) is 13.9. The lowest BCUT2D eigenvalue weighted by Crippen LogP contribution is -2.55. The normalized spacial score (nSPS) is 29.2. The first-order valence-corrected chi connectivity index (χ1v) is 10.2. The second-order valence-corrected chi connectivity index (χ2v) is 8.72. The zero-order valence-electron chi connectivity index (χ0n) is 16.2. The maximum Gasteiger partial charge on any atom is 0.276 e. The van der Waals surface area contributed by atoms with Crippen molar-refractivity contribution in [3.8, 4) is 5.75 Å². The van der Waals surface area contributed by atoms with Gasteiger partial charge in [-0.3, -0.25) is 25.2 Å². The summed E-state index contributed by atoms with van der Waals surface area (Å²) in [5, 5.41) is 2.76. The lowest BCUT2D eigenvalue weighted by molar-refractivity contribution is -0.147. The predicted molar refractivity (Wildman–Crippen MR) is 102 cm³/mol. The van der Waals surface area contributed by atoms with Crippen molar-refractivity contribution < 1.29 is 23.5 Å². The van der Waals surface area contributed by atoms with Crippen LogP contribution in [0.1, 0.15) is 38.5 Å². The van der Waals surface area contributed by atoms with Gasteiger partial charge in [0, 0.05) is 5.41 Å². The summed E-state index contributed by atoms with van der Waals surface area (Å²) >= 11 is 0. The van der Waals surface area contributed by atoms with Gasteiger partial charge < -0.3 is 10.1 Å². The van der Waals surface area contributed by atoms with E-state index in [0.717, 1.165) is 19.3 Å². The molecular formula is C21H26FN3O4. The second kappa shape index (κ2) is 8.00. The van der Waals surface area contributed by atoms with Crippen LogP contribution in [0.4, 0.5) is 4.39 Å². The molecule has 0 atom stereocenters. The number of rotatable bonds is 6. The van der Waals surface area contributed by atoms with Crippen molar-refractivity contribution in [3.05, 3.63) is 30.1 Å². The summed E-state index contributed by atoms with van der Waals surface area (Å²) in [4.78, 5) is 36.5. The Labute approximate surface area is 168 Å². The Kier molecular flexibility index (Phi) is 5.43. The molecule has 3 N–H and O–H groups in total. The van der Waals surface area contributed by atoms with E-state index < -0.39 is 17.6 Å². The highest BCUT2D eigenvalue weighted by Crippen LogP contribution is 2.60. The van der Waals surface area contributed by atoms with Gasteiger partial charge in [0.2, 0.25) is 5.91 Å². The third-order valence-electron chi connectivity index (χ3n) is 6.45. The van der Waals surface area contributed by atoms with Gasteiger partial charge in [0.05, 0.1) is 6.54 Å². The molecule has 0 radical (unpaired) electrons. The first kappa shape index (κ1) is 19.7. The van der Waals surface area contributed by atoms with Crippen molar-refractivity contribution in [2.24, 2.45) is 23.2 Å². The molecule has 156 valence electrons. The zero-order chi connectivity index (χ0) is 20.4. The van der Waals surface area contributed by atoms with Crippen LogP contribution in [-0.2, 0) is 14.4 Å². The maximum absolute atomic E-state index is 12.8. The molecule has 8 heteroatoms. The predicted octanol–water partition coefficient (Wildman–Crippen LogP) is 1.68. The van der Waals surface area contributed by atoms with Gasteiger partial charge in [0.1, 0.15) is 11.6 Å². The average molecular weight is 403 g/mol. The number of ether oxygens (including phenoxy) is 1. The Bertz CT molecular complexity index is 760. The van der Waals surface area contributed by atoms with Crippen molar-refractivity contribution in [2.45, 2.75) is 38.5 Å². The molecule has 4 bridgehead atoms. The van der Waals surface area contributed by atoms with Crippen LogP contribution in [0.3, 0.4) is 0 Å². The van der Waals surface area contributed by atoms with E-state index in [0.29, 0.717) is 23.5 Å². The third-order valence-corrected chi connectivity index (χ3v) is 6.45. The number of halogens is 1. The highest BCUT2D eigenvalue weighted by molar-refractivity contribution is 5.89. The Morgan fingerprint density at radius 1 is 0.931 bits per heavy atom. The van der Waals surface area contributed by atoms with Crippen LogP contribution in [0.25, 0.3) is 0 Å². The van der Waals surface area contributed by atoms with E-state index in [2.05, 4.69) is 16.2 Å². The monoisotopic (exact) mass is 403 g/mol. The number of amides is 3. The quantitative estimate of drug-likeness (QED) is 0.630. The molecule has 3 amide bonds. The van der Waals surface area contributed by atoms with Crippen LogP contribution in [0.5, 0.6) is 5.75 Å². The highest BCUT2D eigenvalue weighted by atomic mass is 19.1. The SMILES string of the molecule is O=C(CNC(=O)C12CC3CC(CC(C3)C1)C2)NNC(=O)COc1ccc(F)cc1. The fourth-order valence-corrected chi connectivity index (χ4v) is 5.64. The van der Waals surface area contributed by atoms with Crippen LogP contribution < -0.4 is 20.9 Å². The molecule has 0 spiro atoms. The summed E-state index contributed by atoms with van der Waals surface area (Å²) in [6.07, 6.45) is 6.55. The van der Waals surface area contributed by atoms with Crippen LogP contribution >= 0.6 is 0 Å². The van der Waals surface area contributed by atoms with E-state index in [-0.39, 0.29) is 24.5 Å². The number of carbonyl (C=O) groups is 3. The highest BCUT2D eigenvalue weighted by Gasteiger charge is 2.54. The molecule has 7 nitrogen and oxygen atoms in total. The molecular weight excluding hydrogens is 377 g/mol. The summed E-state index contributed by atoms with van der Waals surface area (Å²) in [6, 6.07) is 5.26. The molecule has 4 fully saturated rings. The largest absolute Gasteiger partial charge is 0.484 e. The van der Waals surface area contributed by atoms with Gasteiger partial charge >= 0.3 is 0 Å². The van der Waals surface area contributed by atoms with E-state index in [1.54, 1.807) is 0 Å². The second-order valence-electron chi connectivity index (χ2n) is 8.72. The molecule has 4 aliphatic carbocycles. The molecule has 0 saturated heterocycles.